The number of nitrogens with one attached hydrogen (secondary N) is 2. The van der Waals surface area contributed by atoms with Gasteiger partial charge in [0.2, 0.25) is 15.9 Å². The quantitative estimate of drug-likeness (QED) is 0.725. The molecule has 1 aromatic carbocycles. The number of amides is 1. The molecule has 0 spiro atoms. The first-order valence-corrected chi connectivity index (χ1v) is 8.65. The average molecular weight is 327 g/mol. The zero-order chi connectivity index (χ0) is 17.0. The first kappa shape index (κ1) is 18.6. The lowest BCUT2D eigenvalue weighted by atomic mass is 10.1. The summed E-state index contributed by atoms with van der Waals surface area (Å²) in [5, 5.41) is 2.71. The van der Waals surface area contributed by atoms with Crippen LogP contribution in [0.3, 0.4) is 0 Å². The Hall–Kier alpha value is -1.44. The minimum absolute atomic E-state index is 0.143. The number of rotatable bonds is 6. The van der Waals surface area contributed by atoms with E-state index in [1.165, 1.54) is 6.07 Å². The molecule has 1 atom stereocenters. The molecule has 0 radical (unpaired) electrons. The summed E-state index contributed by atoms with van der Waals surface area (Å²) in [7, 11) is -3.65. The Kier molecular flexibility index (Phi) is 6.10. The van der Waals surface area contributed by atoms with Crippen LogP contribution < -0.4 is 15.8 Å². The Morgan fingerprint density at radius 2 is 1.86 bits per heavy atom. The van der Waals surface area contributed by atoms with E-state index in [1.54, 1.807) is 45.9 Å². The Balaban J connectivity index is 2.98. The SMILES string of the molecule is CC(CN)C(=O)NCc1ccccc1S(=O)(=O)NC(C)(C)C. The Morgan fingerprint density at radius 1 is 1.27 bits per heavy atom. The van der Waals surface area contributed by atoms with Crippen molar-refractivity contribution in [2.24, 2.45) is 11.7 Å². The van der Waals surface area contributed by atoms with Gasteiger partial charge >= 0.3 is 0 Å². The van der Waals surface area contributed by atoms with Gasteiger partial charge in [-0.05, 0) is 32.4 Å². The second-order valence-corrected chi connectivity index (χ2v) is 7.97. The fourth-order valence-corrected chi connectivity index (χ4v) is 3.49. The highest BCUT2D eigenvalue weighted by Crippen LogP contribution is 2.17. The molecule has 22 heavy (non-hydrogen) atoms. The fourth-order valence-electron chi connectivity index (χ4n) is 1.83. The highest BCUT2D eigenvalue weighted by molar-refractivity contribution is 7.89. The van der Waals surface area contributed by atoms with Crippen LogP contribution in [0.2, 0.25) is 0 Å². The second-order valence-electron chi connectivity index (χ2n) is 6.32. The molecular weight excluding hydrogens is 302 g/mol. The predicted molar refractivity (Wildman–Crippen MR) is 86.6 cm³/mol. The maximum Gasteiger partial charge on any atom is 0.241 e. The standard InChI is InChI=1S/C15H25N3O3S/c1-11(9-16)14(19)17-10-12-7-5-6-8-13(12)22(20,21)18-15(2,3)4/h5-8,11,18H,9-10,16H2,1-4H3,(H,17,19). The van der Waals surface area contributed by atoms with E-state index in [9.17, 15) is 13.2 Å². The van der Waals surface area contributed by atoms with E-state index in [2.05, 4.69) is 10.0 Å². The summed E-state index contributed by atoms with van der Waals surface area (Å²) in [5.74, 6) is -0.505. The highest BCUT2D eigenvalue weighted by atomic mass is 32.2. The van der Waals surface area contributed by atoms with Crippen LogP contribution in [-0.2, 0) is 21.4 Å². The molecule has 0 aromatic heterocycles. The van der Waals surface area contributed by atoms with Crippen LogP contribution in [0, 0.1) is 5.92 Å². The molecule has 0 aliphatic carbocycles. The lowest BCUT2D eigenvalue weighted by Crippen LogP contribution is -2.41. The van der Waals surface area contributed by atoms with Crippen LogP contribution in [0.15, 0.2) is 29.2 Å². The summed E-state index contributed by atoms with van der Waals surface area (Å²) < 4.78 is 27.5. The lowest BCUT2D eigenvalue weighted by molar-refractivity contribution is -0.124. The zero-order valence-electron chi connectivity index (χ0n) is 13.5. The van der Waals surface area contributed by atoms with Crippen LogP contribution in [0.5, 0.6) is 0 Å². The van der Waals surface area contributed by atoms with Gasteiger partial charge < -0.3 is 11.1 Å². The van der Waals surface area contributed by atoms with Crippen molar-refractivity contribution < 1.29 is 13.2 Å². The maximum atomic E-state index is 12.5. The van der Waals surface area contributed by atoms with Gasteiger partial charge in [-0.15, -0.1) is 0 Å². The van der Waals surface area contributed by atoms with E-state index < -0.39 is 15.6 Å². The van der Waals surface area contributed by atoms with Crippen molar-refractivity contribution in [3.63, 3.8) is 0 Å². The van der Waals surface area contributed by atoms with E-state index >= 15 is 0 Å². The van der Waals surface area contributed by atoms with Crippen molar-refractivity contribution in [2.75, 3.05) is 6.54 Å². The van der Waals surface area contributed by atoms with Gasteiger partial charge in [-0.1, -0.05) is 25.1 Å². The molecule has 0 fully saturated rings. The number of hydrogen-bond donors (Lipinski definition) is 3. The molecule has 1 unspecified atom stereocenters. The summed E-state index contributed by atoms with van der Waals surface area (Å²) in [6.45, 7) is 7.44. The van der Waals surface area contributed by atoms with Crippen molar-refractivity contribution in [1.29, 1.82) is 0 Å². The van der Waals surface area contributed by atoms with Crippen molar-refractivity contribution >= 4 is 15.9 Å². The molecule has 0 bridgehead atoms. The predicted octanol–water partition coefficient (Wildman–Crippen LogP) is 0.974. The number of nitrogens with two attached hydrogens (primary N) is 1. The van der Waals surface area contributed by atoms with Crippen LogP contribution in [0.4, 0.5) is 0 Å². The molecule has 0 heterocycles. The van der Waals surface area contributed by atoms with Crippen molar-refractivity contribution in [3.05, 3.63) is 29.8 Å². The van der Waals surface area contributed by atoms with Crippen molar-refractivity contribution in [1.82, 2.24) is 10.0 Å². The Bertz CT molecular complexity index is 621. The summed E-state index contributed by atoms with van der Waals surface area (Å²) in [4.78, 5) is 12.0. The average Bonchev–Trinajstić information content (AvgIpc) is 2.41. The first-order valence-electron chi connectivity index (χ1n) is 7.16. The smallest absolute Gasteiger partial charge is 0.241 e. The maximum absolute atomic E-state index is 12.5. The fraction of sp³-hybridized carbons (Fsp3) is 0.533. The molecule has 0 aliphatic rings. The zero-order valence-corrected chi connectivity index (χ0v) is 14.3. The van der Waals surface area contributed by atoms with Crippen molar-refractivity contribution in [2.45, 2.75) is 44.7 Å². The minimum atomic E-state index is -3.65. The van der Waals surface area contributed by atoms with Gasteiger partial charge in [-0.2, -0.15) is 0 Å². The normalized spacial score (nSPS) is 13.7. The summed E-state index contributed by atoms with van der Waals surface area (Å²) >= 11 is 0. The minimum Gasteiger partial charge on any atom is -0.352 e. The molecule has 1 aromatic rings. The number of hydrogen-bond acceptors (Lipinski definition) is 4. The molecular formula is C15H25N3O3S. The topological polar surface area (TPSA) is 101 Å². The molecule has 4 N–H and O–H groups in total. The second kappa shape index (κ2) is 7.21. The van der Waals surface area contributed by atoms with Crippen LogP contribution in [0.1, 0.15) is 33.3 Å². The monoisotopic (exact) mass is 327 g/mol. The van der Waals surface area contributed by atoms with Crippen LogP contribution in [-0.4, -0.2) is 26.4 Å². The van der Waals surface area contributed by atoms with Crippen LogP contribution in [0.25, 0.3) is 0 Å². The van der Waals surface area contributed by atoms with Gasteiger partial charge in [0, 0.05) is 24.5 Å². The van der Waals surface area contributed by atoms with E-state index in [4.69, 9.17) is 5.73 Å². The van der Waals surface area contributed by atoms with E-state index in [0.29, 0.717) is 5.56 Å². The van der Waals surface area contributed by atoms with Crippen molar-refractivity contribution in [3.8, 4) is 0 Å². The number of carbonyl (C=O) groups is 1. The molecule has 7 heteroatoms. The third-order valence-electron chi connectivity index (χ3n) is 2.96. The van der Waals surface area contributed by atoms with E-state index in [0.717, 1.165) is 0 Å². The van der Waals surface area contributed by atoms with E-state index in [-0.39, 0.29) is 29.8 Å². The largest absolute Gasteiger partial charge is 0.352 e. The molecule has 0 saturated carbocycles. The molecule has 0 aliphatic heterocycles. The van der Waals surface area contributed by atoms with Gasteiger partial charge in [0.15, 0.2) is 0 Å². The van der Waals surface area contributed by atoms with Gasteiger partial charge in [-0.25, -0.2) is 13.1 Å². The summed E-state index contributed by atoms with van der Waals surface area (Å²) in [6, 6.07) is 6.61. The Morgan fingerprint density at radius 3 is 2.41 bits per heavy atom. The summed E-state index contributed by atoms with van der Waals surface area (Å²) in [5.41, 5.74) is 5.40. The van der Waals surface area contributed by atoms with Gasteiger partial charge in [0.25, 0.3) is 0 Å². The number of carbonyl (C=O) groups excluding carboxylic acids is 1. The molecule has 0 saturated heterocycles. The molecule has 1 rings (SSSR count). The third-order valence-corrected chi connectivity index (χ3v) is 4.82. The molecule has 124 valence electrons. The highest BCUT2D eigenvalue weighted by Gasteiger charge is 2.24. The van der Waals surface area contributed by atoms with E-state index in [1.807, 2.05) is 0 Å². The number of sulfonamides is 1. The summed E-state index contributed by atoms with van der Waals surface area (Å²) in [6.07, 6.45) is 0. The van der Waals surface area contributed by atoms with Crippen LogP contribution >= 0.6 is 0 Å². The molecule has 6 nitrogen and oxygen atoms in total. The third kappa shape index (κ3) is 5.40. The Labute approximate surface area is 132 Å². The first-order chi connectivity index (χ1) is 10.1. The number of benzene rings is 1. The van der Waals surface area contributed by atoms with Gasteiger partial charge in [0.1, 0.15) is 0 Å². The van der Waals surface area contributed by atoms with Gasteiger partial charge in [-0.3, -0.25) is 4.79 Å². The molecule has 1 amide bonds. The lowest BCUT2D eigenvalue weighted by Gasteiger charge is -2.21. The van der Waals surface area contributed by atoms with Gasteiger partial charge in [0.05, 0.1) is 4.90 Å².